The molecular formula is C11H20O. The van der Waals surface area contributed by atoms with Gasteiger partial charge in [-0.05, 0) is 24.7 Å². The third-order valence-corrected chi connectivity index (χ3v) is 3.56. The molecule has 70 valence electrons. The molecule has 1 nitrogen and oxygen atoms in total. The van der Waals surface area contributed by atoms with Crippen LogP contribution in [0, 0.1) is 11.8 Å². The van der Waals surface area contributed by atoms with E-state index in [-0.39, 0.29) is 0 Å². The van der Waals surface area contributed by atoms with Gasteiger partial charge >= 0.3 is 0 Å². The topological polar surface area (TPSA) is 9.23 Å². The second-order valence-electron chi connectivity index (χ2n) is 4.50. The molecule has 0 aromatic rings. The zero-order valence-electron chi connectivity index (χ0n) is 8.09. The maximum Gasteiger partial charge on any atom is 0.0606 e. The lowest BCUT2D eigenvalue weighted by Gasteiger charge is -2.23. The first kappa shape index (κ1) is 8.55. The van der Waals surface area contributed by atoms with Crippen LogP contribution in [0.15, 0.2) is 0 Å². The molecule has 1 aliphatic heterocycles. The van der Waals surface area contributed by atoms with Crippen LogP contribution in [0.1, 0.15) is 45.4 Å². The van der Waals surface area contributed by atoms with E-state index in [9.17, 15) is 0 Å². The standard InChI is InChI=1S/C11H20O/c1-9-8-12-11-7-5-3-2-4-6-10(9)11/h9-11H,2-8H2,1H3/t9-,10-,11-/m0/s1. The van der Waals surface area contributed by atoms with Gasteiger partial charge in [0.2, 0.25) is 0 Å². The minimum absolute atomic E-state index is 0.625. The van der Waals surface area contributed by atoms with Crippen molar-refractivity contribution in [1.82, 2.24) is 0 Å². The second-order valence-corrected chi connectivity index (χ2v) is 4.50. The van der Waals surface area contributed by atoms with Crippen molar-refractivity contribution in [3.8, 4) is 0 Å². The van der Waals surface area contributed by atoms with Gasteiger partial charge in [0.1, 0.15) is 0 Å². The van der Waals surface area contributed by atoms with Crippen LogP contribution < -0.4 is 0 Å². The first-order chi connectivity index (χ1) is 5.88. The molecule has 3 atom stereocenters. The summed E-state index contributed by atoms with van der Waals surface area (Å²) in [6.45, 7) is 3.38. The molecule has 1 saturated heterocycles. The van der Waals surface area contributed by atoms with Crippen molar-refractivity contribution < 1.29 is 4.74 Å². The van der Waals surface area contributed by atoms with Crippen LogP contribution in [0.2, 0.25) is 0 Å². The average Bonchev–Trinajstić information content (AvgIpc) is 2.31. The quantitative estimate of drug-likeness (QED) is 0.540. The number of hydrogen-bond donors (Lipinski definition) is 0. The Morgan fingerprint density at radius 3 is 2.58 bits per heavy atom. The molecule has 1 aliphatic carbocycles. The van der Waals surface area contributed by atoms with Gasteiger partial charge in [-0.2, -0.15) is 0 Å². The highest BCUT2D eigenvalue weighted by Gasteiger charge is 2.33. The molecule has 0 unspecified atom stereocenters. The Labute approximate surface area is 75.5 Å². The summed E-state index contributed by atoms with van der Waals surface area (Å²) in [6.07, 6.45) is 9.10. The van der Waals surface area contributed by atoms with Crippen LogP contribution in [0.4, 0.5) is 0 Å². The minimum atomic E-state index is 0.625. The lowest BCUT2D eigenvalue weighted by atomic mass is 9.83. The Balaban J connectivity index is 1.95. The first-order valence-electron chi connectivity index (χ1n) is 5.49. The number of rotatable bonds is 0. The summed E-state index contributed by atoms with van der Waals surface area (Å²) in [5, 5.41) is 0. The van der Waals surface area contributed by atoms with Crippen molar-refractivity contribution >= 4 is 0 Å². The summed E-state index contributed by atoms with van der Waals surface area (Å²) in [5.74, 6) is 1.72. The molecule has 2 fully saturated rings. The molecule has 0 bridgehead atoms. The molecule has 2 rings (SSSR count). The summed E-state index contributed by atoms with van der Waals surface area (Å²) in [6, 6.07) is 0. The number of hydrogen-bond acceptors (Lipinski definition) is 1. The van der Waals surface area contributed by atoms with Crippen LogP contribution in [0.3, 0.4) is 0 Å². The second kappa shape index (κ2) is 3.78. The van der Waals surface area contributed by atoms with Crippen molar-refractivity contribution in [2.75, 3.05) is 6.61 Å². The van der Waals surface area contributed by atoms with Gasteiger partial charge in [0.25, 0.3) is 0 Å². The first-order valence-corrected chi connectivity index (χ1v) is 5.49. The van der Waals surface area contributed by atoms with Crippen molar-refractivity contribution in [3.63, 3.8) is 0 Å². The lowest BCUT2D eigenvalue weighted by molar-refractivity contribution is 0.0750. The molecule has 0 spiro atoms. The number of ether oxygens (including phenoxy) is 1. The molecule has 2 aliphatic rings. The van der Waals surface area contributed by atoms with E-state index in [4.69, 9.17) is 4.74 Å². The van der Waals surface area contributed by atoms with Gasteiger partial charge in [-0.1, -0.05) is 32.6 Å². The molecule has 12 heavy (non-hydrogen) atoms. The van der Waals surface area contributed by atoms with Gasteiger partial charge in [0, 0.05) is 6.61 Å². The molecule has 1 saturated carbocycles. The zero-order valence-corrected chi connectivity index (χ0v) is 8.09. The third kappa shape index (κ3) is 1.66. The smallest absolute Gasteiger partial charge is 0.0606 e. The van der Waals surface area contributed by atoms with Gasteiger partial charge in [-0.15, -0.1) is 0 Å². The van der Waals surface area contributed by atoms with E-state index >= 15 is 0 Å². The summed E-state index contributed by atoms with van der Waals surface area (Å²) < 4.78 is 5.80. The fourth-order valence-electron chi connectivity index (χ4n) is 2.74. The fraction of sp³-hybridized carbons (Fsp3) is 1.00. The molecule has 0 aromatic heterocycles. The van der Waals surface area contributed by atoms with E-state index < -0.39 is 0 Å². The Bertz CT molecular complexity index is 144. The van der Waals surface area contributed by atoms with E-state index in [1.807, 2.05) is 0 Å². The summed E-state index contributed by atoms with van der Waals surface area (Å²) in [7, 11) is 0. The van der Waals surface area contributed by atoms with Gasteiger partial charge < -0.3 is 4.74 Å². The molecule has 0 aromatic carbocycles. The summed E-state index contributed by atoms with van der Waals surface area (Å²) in [5.41, 5.74) is 0. The highest BCUT2D eigenvalue weighted by atomic mass is 16.5. The van der Waals surface area contributed by atoms with Crippen molar-refractivity contribution in [1.29, 1.82) is 0 Å². The van der Waals surface area contributed by atoms with Gasteiger partial charge in [0.05, 0.1) is 6.10 Å². The van der Waals surface area contributed by atoms with Crippen LogP contribution in [-0.2, 0) is 4.74 Å². The predicted octanol–water partition coefficient (Wildman–Crippen LogP) is 2.99. The highest BCUT2D eigenvalue weighted by Crippen LogP contribution is 2.35. The predicted molar refractivity (Wildman–Crippen MR) is 50.1 cm³/mol. The Morgan fingerprint density at radius 1 is 1.00 bits per heavy atom. The van der Waals surface area contributed by atoms with Crippen LogP contribution in [0.5, 0.6) is 0 Å². The molecule has 1 heterocycles. The summed E-state index contributed by atoms with van der Waals surface area (Å²) in [4.78, 5) is 0. The molecule has 0 N–H and O–H groups in total. The fourth-order valence-corrected chi connectivity index (χ4v) is 2.74. The number of fused-ring (bicyclic) bond motifs is 1. The maximum atomic E-state index is 5.80. The van der Waals surface area contributed by atoms with Gasteiger partial charge in [-0.25, -0.2) is 0 Å². The Hall–Kier alpha value is -0.0400. The van der Waals surface area contributed by atoms with Crippen molar-refractivity contribution in [3.05, 3.63) is 0 Å². The third-order valence-electron chi connectivity index (χ3n) is 3.56. The lowest BCUT2D eigenvalue weighted by Crippen LogP contribution is -2.20. The van der Waals surface area contributed by atoms with E-state index in [2.05, 4.69) is 6.92 Å². The van der Waals surface area contributed by atoms with E-state index in [1.54, 1.807) is 0 Å². The molecule has 0 radical (unpaired) electrons. The van der Waals surface area contributed by atoms with Crippen molar-refractivity contribution in [2.24, 2.45) is 11.8 Å². The largest absolute Gasteiger partial charge is 0.378 e. The Morgan fingerprint density at radius 2 is 1.75 bits per heavy atom. The van der Waals surface area contributed by atoms with Gasteiger partial charge in [0.15, 0.2) is 0 Å². The van der Waals surface area contributed by atoms with Gasteiger partial charge in [-0.3, -0.25) is 0 Å². The monoisotopic (exact) mass is 168 g/mol. The van der Waals surface area contributed by atoms with E-state index in [1.165, 1.54) is 38.5 Å². The minimum Gasteiger partial charge on any atom is -0.378 e. The van der Waals surface area contributed by atoms with Crippen LogP contribution in [0.25, 0.3) is 0 Å². The van der Waals surface area contributed by atoms with E-state index in [0.717, 1.165) is 18.4 Å². The molecule has 0 amide bonds. The summed E-state index contributed by atoms with van der Waals surface area (Å²) >= 11 is 0. The normalized spacial score (nSPS) is 43.2. The van der Waals surface area contributed by atoms with Crippen LogP contribution >= 0.6 is 0 Å². The van der Waals surface area contributed by atoms with Crippen LogP contribution in [-0.4, -0.2) is 12.7 Å². The maximum absolute atomic E-state index is 5.80. The zero-order chi connectivity index (χ0) is 8.39. The molecule has 1 heteroatoms. The molecular weight excluding hydrogens is 148 g/mol. The van der Waals surface area contributed by atoms with E-state index in [0.29, 0.717) is 6.10 Å². The SMILES string of the molecule is C[C@H]1CO[C@H]2CCCCCC[C@H]21. The Kier molecular flexibility index (Phi) is 2.69. The average molecular weight is 168 g/mol. The highest BCUT2D eigenvalue weighted by molar-refractivity contribution is 4.82. The van der Waals surface area contributed by atoms with Crippen molar-refractivity contribution in [2.45, 2.75) is 51.6 Å².